The fourth-order valence-corrected chi connectivity index (χ4v) is 16.0. The molecule has 0 unspecified atom stereocenters. The predicted molar refractivity (Wildman–Crippen MR) is 471 cm³/mol. The second-order valence-electron chi connectivity index (χ2n) is 30.8. The standard InChI is InChI=1S/C36H28N2.2C36H34/c1-23-12-24(2)15-31(14-23)27-8-6-10-29(18-27)34-21-36(38-5)35(20-33(34)22-37)30-11-7-9-28(19-30)32-16-25(3)13-26(4)17-32;1-23-13-24(2)16-33(15-23)29-9-7-11-31(21-29)35-19-28(6)36(20-27(35)5)32-12-8-10-30(22-32)34-17-25(3)14-26(4)18-34;1-23-13-24(2)16-33(15-23)29-9-7-11-31(21-29)35-19-27(5)28(6)20-36(35)32-12-8-10-30(22-32)34-17-25(3)14-26(4)18-34/h6-21H,1-4H3;2*7-22H,1-6H3. The number of hydrogen-bond acceptors (Lipinski definition) is 1. The molecule has 15 aromatic carbocycles. The van der Waals surface area contributed by atoms with Gasteiger partial charge in [0.05, 0.1) is 18.2 Å². The molecule has 0 radical (unpaired) electrons. The average Bonchev–Trinajstić information content (AvgIpc) is 0.789. The zero-order valence-electron chi connectivity index (χ0n) is 66.6. The van der Waals surface area contributed by atoms with Gasteiger partial charge in [-0.05, 0) is 315 Å². The van der Waals surface area contributed by atoms with Gasteiger partial charge in [-0.3, -0.25) is 0 Å². The van der Waals surface area contributed by atoms with E-state index in [9.17, 15) is 5.26 Å². The fourth-order valence-electron chi connectivity index (χ4n) is 16.0. The molecule has 0 aliphatic heterocycles. The van der Waals surface area contributed by atoms with Gasteiger partial charge in [-0.15, -0.1) is 0 Å². The highest BCUT2D eigenvalue weighted by atomic mass is 14.6. The maximum absolute atomic E-state index is 10.1. The molecule has 0 aliphatic rings. The Labute approximate surface area is 654 Å². The zero-order chi connectivity index (χ0) is 77.6. The molecule has 0 spiro atoms. The summed E-state index contributed by atoms with van der Waals surface area (Å²) in [6.45, 7) is 42.6. The first-order valence-electron chi connectivity index (χ1n) is 38.2. The Hall–Kier alpha value is -12.7. The lowest BCUT2D eigenvalue weighted by molar-refractivity contribution is 1.34. The minimum Gasteiger partial charge on any atom is -0.237 e. The maximum atomic E-state index is 10.1. The Morgan fingerprint density at radius 3 is 0.618 bits per heavy atom. The first-order valence-corrected chi connectivity index (χ1v) is 38.2. The van der Waals surface area contributed by atoms with Crippen molar-refractivity contribution < 1.29 is 0 Å². The average molecular weight is 1420 g/mol. The molecule has 0 amide bonds. The lowest BCUT2D eigenvalue weighted by Crippen LogP contribution is -1.92. The quantitative estimate of drug-likeness (QED) is 0.112. The minimum absolute atomic E-state index is 0.536. The number of rotatable bonds is 12. The molecule has 110 heavy (non-hydrogen) atoms. The molecule has 0 saturated heterocycles. The predicted octanol–water partition coefficient (Wildman–Crippen LogP) is 30.4. The summed E-state index contributed by atoms with van der Waals surface area (Å²) in [5, 5.41) is 10.1. The van der Waals surface area contributed by atoms with Crippen LogP contribution in [0, 0.1) is 129 Å². The van der Waals surface area contributed by atoms with E-state index in [1.54, 1.807) is 0 Å². The topological polar surface area (TPSA) is 28.1 Å². The van der Waals surface area contributed by atoms with Gasteiger partial charge < -0.3 is 0 Å². The summed E-state index contributed by atoms with van der Waals surface area (Å²) < 4.78 is 0. The second kappa shape index (κ2) is 32.8. The van der Waals surface area contributed by atoms with Gasteiger partial charge in [0.15, 0.2) is 5.69 Å². The van der Waals surface area contributed by atoms with Crippen molar-refractivity contribution in [1.29, 1.82) is 5.26 Å². The van der Waals surface area contributed by atoms with Crippen molar-refractivity contribution in [3.8, 4) is 140 Å². The van der Waals surface area contributed by atoms with E-state index >= 15 is 0 Å². The van der Waals surface area contributed by atoms with E-state index in [1.807, 2.05) is 36.4 Å². The molecule has 0 aromatic heterocycles. The molecule has 0 atom stereocenters. The maximum Gasteiger partial charge on any atom is 0.195 e. The number of hydrogen-bond donors (Lipinski definition) is 0. The van der Waals surface area contributed by atoms with Crippen LogP contribution < -0.4 is 0 Å². The Morgan fingerprint density at radius 1 is 0.191 bits per heavy atom. The van der Waals surface area contributed by atoms with E-state index in [1.165, 1.54) is 178 Å². The van der Waals surface area contributed by atoms with E-state index in [2.05, 4.69) is 376 Å². The Bertz CT molecular complexity index is 5640. The third kappa shape index (κ3) is 17.6. The fraction of sp³-hybridized carbons (Fsp3) is 0.148. The van der Waals surface area contributed by atoms with Crippen LogP contribution in [-0.4, -0.2) is 0 Å². The first-order chi connectivity index (χ1) is 52.9. The van der Waals surface area contributed by atoms with E-state index in [-0.39, 0.29) is 0 Å². The summed E-state index contributed by atoms with van der Waals surface area (Å²) in [7, 11) is 0. The van der Waals surface area contributed by atoms with Gasteiger partial charge in [0.2, 0.25) is 0 Å². The molecule has 0 heterocycles. The van der Waals surface area contributed by atoms with E-state index in [0.717, 1.165) is 44.5 Å². The number of nitrogens with zero attached hydrogens (tertiary/aromatic N) is 2. The minimum atomic E-state index is 0.536. The van der Waals surface area contributed by atoms with Crippen LogP contribution in [0.5, 0.6) is 0 Å². The summed E-state index contributed by atoms with van der Waals surface area (Å²) in [6.07, 6.45) is 0. The van der Waals surface area contributed by atoms with Crippen LogP contribution in [-0.2, 0) is 0 Å². The van der Waals surface area contributed by atoms with E-state index in [0.29, 0.717) is 11.3 Å². The van der Waals surface area contributed by atoms with Gasteiger partial charge in [-0.25, -0.2) is 4.85 Å². The number of aryl methyl sites for hydroxylation is 16. The molecule has 2 heteroatoms. The molecule has 15 aromatic rings. The highest BCUT2D eigenvalue weighted by molar-refractivity contribution is 5.91. The molecule has 2 nitrogen and oxygen atoms in total. The van der Waals surface area contributed by atoms with Crippen molar-refractivity contribution >= 4 is 5.69 Å². The molecular weight excluding hydrogens is 1330 g/mol. The van der Waals surface area contributed by atoms with Crippen LogP contribution >= 0.6 is 0 Å². The summed E-state index contributed by atoms with van der Waals surface area (Å²) in [4.78, 5) is 3.88. The molecule has 0 fully saturated rings. The highest BCUT2D eigenvalue weighted by Crippen LogP contribution is 2.43. The SMILES string of the molecule is Cc1cc(C)cc(-c2cccc(-c3cc(C)c(-c4cccc(-c5cc(C)cc(C)c5)c4)cc3C)c2)c1.Cc1cc(C)cc(-c2cccc(-c3cc(C)c(C)cc3-c3cccc(-c4cc(C)cc(C)c4)c3)c2)c1.[C-]#[N+]c1cc(-c2cccc(-c3cc(C)cc(C)c3)c2)c(C#N)cc1-c1cccc(-c2cc(C)cc(C)c2)c1. The van der Waals surface area contributed by atoms with Crippen molar-refractivity contribution in [3.05, 3.63) is 397 Å². The van der Waals surface area contributed by atoms with Crippen LogP contribution in [0.15, 0.2) is 291 Å². The van der Waals surface area contributed by atoms with Gasteiger partial charge in [0, 0.05) is 0 Å². The van der Waals surface area contributed by atoms with Crippen LogP contribution in [0.3, 0.4) is 0 Å². The van der Waals surface area contributed by atoms with Crippen molar-refractivity contribution in [2.75, 3.05) is 0 Å². The van der Waals surface area contributed by atoms with Gasteiger partial charge in [-0.2, -0.15) is 5.26 Å². The molecule has 0 aliphatic carbocycles. The summed E-state index contributed by atoms with van der Waals surface area (Å²) in [5.74, 6) is 0. The third-order valence-electron chi connectivity index (χ3n) is 21.0. The first kappa shape index (κ1) is 75.5. The Kier molecular flexibility index (Phi) is 22.5. The summed E-state index contributed by atoms with van der Waals surface area (Å²) in [6, 6.07) is 108. The molecule has 0 N–H and O–H groups in total. The van der Waals surface area contributed by atoms with Crippen LogP contribution in [0.25, 0.3) is 138 Å². The zero-order valence-corrected chi connectivity index (χ0v) is 66.6. The van der Waals surface area contributed by atoms with Crippen molar-refractivity contribution in [2.24, 2.45) is 0 Å². The van der Waals surface area contributed by atoms with Gasteiger partial charge in [-0.1, -0.05) is 309 Å². The lowest BCUT2D eigenvalue weighted by Gasteiger charge is -2.16. The lowest BCUT2D eigenvalue weighted by atomic mass is 9.88. The van der Waals surface area contributed by atoms with Gasteiger partial charge in [0.1, 0.15) is 0 Å². The Morgan fingerprint density at radius 2 is 0.391 bits per heavy atom. The van der Waals surface area contributed by atoms with Crippen LogP contribution in [0.2, 0.25) is 0 Å². The van der Waals surface area contributed by atoms with E-state index < -0.39 is 0 Å². The van der Waals surface area contributed by atoms with Crippen molar-refractivity contribution in [3.63, 3.8) is 0 Å². The second-order valence-corrected chi connectivity index (χ2v) is 30.8. The molecule has 0 bridgehead atoms. The smallest absolute Gasteiger partial charge is 0.195 e. The van der Waals surface area contributed by atoms with E-state index in [4.69, 9.17) is 6.57 Å². The largest absolute Gasteiger partial charge is 0.237 e. The Balaban J connectivity index is 0.000000145. The molecular formula is C108H96N2. The van der Waals surface area contributed by atoms with Crippen molar-refractivity contribution in [1.82, 2.24) is 0 Å². The van der Waals surface area contributed by atoms with Crippen LogP contribution in [0.1, 0.15) is 94.6 Å². The van der Waals surface area contributed by atoms with Crippen molar-refractivity contribution in [2.45, 2.75) is 111 Å². The highest BCUT2D eigenvalue weighted by Gasteiger charge is 2.19. The summed E-state index contributed by atoms with van der Waals surface area (Å²) in [5.41, 5.74) is 49.8. The number of benzene rings is 15. The molecule has 0 saturated carbocycles. The third-order valence-corrected chi connectivity index (χ3v) is 21.0. The van der Waals surface area contributed by atoms with Gasteiger partial charge in [0.25, 0.3) is 0 Å². The number of nitriles is 1. The van der Waals surface area contributed by atoms with Gasteiger partial charge >= 0.3 is 0 Å². The monoisotopic (exact) mass is 1420 g/mol. The molecule has 15 rings (SSSR count). The molecule has 538 valence electrons. The van der Waals surface area contributed by atoms with Crippen LogP contribution in [0.4, 0.5) is 5.69 Å². The normalized spacial score (nSPS) is 10.9. The summed E-state index contributed by atoms with van der Waals surface area (Å²) >= 11 is 0.